The minimum Gasteiger partial charge on any atom is -0.443 e. The summed E-state index contributed by atoms with van der Waals surface area (Å²) in [6.45, 7) is 4.82. The molecule has 4 nitrogen and oxygen atoms in total. The molecule has 2 rings (SSSR count). The predicted molar refractivity (Wildman–Crippen MR) is 53.2 cm³/mol. The van der Waals surface area contributed by atoms with Crippen molar-refractivity contribution in [1.82, 2.24) is 10.2 Å². The van der Waals surface area contributed by atoms with E-state index in [1.54, 1.807) is 0 Å². The number of nitrogens with one attached hydrogen (secondary N) is 1. The van der Waals surface area contributed by atoms with Gasteiger partial charge in [0.05, 0.1) is 6.04 Å². The molecule has 2 heterocycles. The molecule has 0 bridgehead atoms. The van der Waals surface area contributed by atoms with Gasteiger partial charge in [0.2, 0.25) is 0 Å². The molecule has 2 atom stereocenters. The number of amides is 1. The first-order chi connectivity index (χ1) is 6.83. The number of nitrogens with zero attached hydrogens (tertiary/aromatic N) is 1. The van der Waals surface area contributed by atoms with Gasteiger partial charge in [-0.1, -0.05) is 13.3 Å². The molecule has 0 radical (unpaired) electrons. The number of fused-ring (bicyclic) bond motifs is 1. The molecule has 0 aliphatic carbocycles. The predicted octanol–water partition coefficient (Wildman–Crippen LogP) is 0.969. The molecule has 0 spiro atoms. The highest BCUT2D eigenvalue weighted by molar-refractivity contribution is 5.70. The van der Waals surface area contributed by atoms with E-state index in [4.69, 9.17) is 4.74 Å². The van der Waals surface area contributed by atoms with E-state index in [9.17, 15) is 4.79 Å². The molecule has 0 aromatic rings. The Bertz CT molecular complexity index is 220. The molecule has 1 amide bonds. The van der Waals surface area contributed by atoms with Crippen LogP contribution in [-0.2, 0) is 4.74 Å². The summed E-state index contributed by atoms with van der Waals surface area (Å²) < 4.78 is 5.30. The minimum atomic E-state index is -0.114. The Morgan fingerprint density at radius 1 is 1.64 bits per heavy atom. The average molecular weight is 198 g/mol. The number of unbranched alkanes of at least 4 members (excludes halogenated alkanes) is 1. The maximum atomic E-state index is 11.5. The van der Waals surface area contributed by atoms with Gasteiger partial charge in [0.1, 0.15) is 6.10 Å². The van der Waals surface area contributed by atoms with Crippen LogP contribution in [0.5, 0.6) is 0 Å². The van der Waals surface area contributed by atoms with Gasteiger partial charge in [-0.15, -0.1) is 0 Å². The van der Waals surface area contributed by atoms with Crippen molar-refractivity contribution in [2.24, 2.45) is 0 Å². The van der Waals surface area contributed by atoms with Gasteiger partial charge in [-0.25, -0.2) is 4.79 Å². The van der Waals surface area contributed by atoms with Gasteiger partial charge < -0.3 is 15.0 Å². The summed E-state index contributed by atoms with van der Waals surface area (Å²) in [6, 6.07) is 0.329. The lowest BCUT2D eigenvalue weighted by Crippen LogP contribution is -2.47. The van der Waals surface area contributed by atoms with Gasteiger partial charge >= 0.3 is 6.09 Å². The second kappa shape index (κ2) is 4.17. The summed E-state index contributed by atoms with van der Waals surface area (Å²) in [4.78, 5) is 13.4. The van der Waals surface area contributed by atoms with Crippen molar-refractivity contribution in [2.75, 3.05) is 19.6 Å². The maximum absolute atomic E-state index is 11.5. The van der Waals surface area contributed by atoms with E-state index in [0.29, 0.717) is 6.04 Å². The number of carbonyl (C=O) groups is 1. The molecule has 1 N–H and O–H groups in total. The summed E-state index contributed by atoms with van der Waals surface area (Å²) in [5, 5.41) is 3.25. The van der Waals surface area contributed by atoms with Crippen LogP contribution in [-0.4, -0.2) is 42.8 Å². The van der Waals surface area contributed by atoms with Crippen molar-refractivity contribution in [1.29, 1.82) is 0 Å². The van der Waals surface area contributed by atoms with E-state index < -0.39 is 0 Å². The SMILES string of the molecule is CCCCN1C(=O)OC2CNCCC21. The molecule has 2 saturated heterocycles. The average Bonchev–Trinajstić information content (AvgIpc) is 2.51. The van der Waals surface area contributed by atoms with E-state index >= 15 is 0 Å². The topological polar surface area (TPSA) is 41.6 Å². The first kappa shape index (κ1) is 9.77. The zero-order chi connectivity index (χ0) is 9.97. The summed E-state index contributed by atoms with van der Waals surface area (Å²) in [6.07, 6.45) is 3.20. The molecule has 0 aromatic heterocycles. The van der Waals surface area contributed by atoms with Crippen molar-refractivity contribution in [3.63, 3.8) is 0 Å². The summed E-state index contributed by atoms with van der Waals surface area (Å²) in [5.74, 6) is 0. The molecule has 2 aliphatic rings. The molecule has 2 fully saturated rings. The van der Waals surface area contributed by atoms with Crippen LogP contribution in [0.2, 0.25) is 0 Å². The lowest BCUT2D eigenvalue weighted by atomic mass is 10.0. The zero-order valence-corrected chi connectivity index (χ0v) is 8.66. The molecule has 0 saturated carbocycles. The van der Waals surface area contributed by atoms with Crippen LogP contribution in [0.25, 0.3) is 0 Å². The maximum Gasteiger partial charge on any atom is 0.410 e. The standard InChI is InChI=1S/C10H18N2O2/c1-2-3-6-12-8-4-5-11-7-9(8)14-10(12)13/h8-9,11H,2-7H2,1H3. The third-order valence-corrected chi connectivity index (χ3v) is 3.03. The number of hydrogen-bond donors (Lipinski definition) is 1. The van der Waals surface area contributed by atoms with E-state index in [0.717, 1.165) is 38.9 Å². The summed E-state index contributed by atoms with van der Waals surface area (Å²) >= 11 is 0. The van der Waals surface area contributed by atoms with Crippen LogP contribution < -0.4 is 5.32 Å². The van der Waals surface area contributed by atoms with E-state index in [2.05, 4.69) is 12.2 Å². The van der Waals surface area contributed by atoms with Crippen LogP contribution in [0.15, 0.2) is 0 Å². The van der Waals surface area contributed by atoms with Gasteiger partial charge in [-0.05, 0) is 19.4 Å². The highest BCUT2D eigenvalue weighted by Crippen LogP contribution is 2.24. The van der Waals surface area contributed by atoms with Crippen LogP contribution >= 0.6 is 0 Å². The van der Waals surface area contributed by atoms with Crippen molar-refractivity contribution in [3.8, 4) is 0 Å². The third kappa shape index (κ3) is 1.71. The number of piperidine rings is 1. The van der Waals surface area contributed by atoms with Crippen LogP contribution in [0.1, 0.15) is 26.2 Å². The Balaban J connectivity index is 1.96. The van der Waals surface area contributed by atoms with E-state index in [1.165, 1.54) is 0 Å². The van der Waals surface area contributed by atoms with Crippen molar-refractivity contribution in [3.05, 3.63) is 0 Å². The molecule has 4 heteroatoms. The van der Waals surface area contributed by atoms with Crippen LogP contribution in [0.3, 0.4) is 0 Å². The second-order valence-corrected chi connectivity index (χ2v) is 4.03. The number of hydrogen-bond acceptors (Lipinski definition) is 3. The van der Waals surface area contributed by atoms with Gasteiger partial charge in [0.15, 0.2) is 0 Å². The highest BCUT2D eigenvalue weighted by Gasteiger charge is 2.42. The van der Waals surface area contributed by atoms with Crippen molar-refractivity contribution < 1.29 is 9.53 Å². The Morgan fingerprint density at radius 3 is 3.29 bits per heavy atom. The Morgan fingerprint density at radius 2 is 2.50 bits per heavy atom. The minimum absolute atomic E-state index is 0.0908. The summed E-state index contributed by atoms with van der Waals surface area (Å²) in [5.41, 5.74) is 0. The smallest absolute Gasteiger partial charge is 0.410 e. The van der Waals surface area contributed by atoms with Gasteiger partial charge in [-0.3, -0.25) is 0 Å². The quantitative estimate of drug-likeness (QED) is 0.734. The number of ether oxygens (including phenoxy) is 1. The van der Waals surface area contributed by atoms with Crippen LogP contribution in [0.4, 0.5) is 4.79 Å². The Hall–Kier alpha value is -0.770. The Labute approximate surface area is 84.6 Å². The summed E-state index contributed by atoms with van der Waals surface area (Å²) in [7, 11) is 0. The zero-order valence-electron chi connectivity index (χ0n) is 8.66. The molecular weight excluding hydrogens is 180 g/mol. The van der Waals surface area contributed by atoms with Gasteiger partial charge in [0, 0.05) is 13.1 Å². The van der Waals surface area contributed by atoms with Gasteiger partial charge in [0.25, 0.3) is 0 Å². The fraction of sp³-hybridized carbons (Fsp3) is 0.900. The second-order valence-electron chi connectivity index (χ2n) is 4.03. The molecule has 14 heavy (non-hydrogen) atoms. The van der Waals surface area contributed by atoms with Crippen molar-refractivity contribution in [2.45, 2.75) is 38.3 Å². The highest BCUT2D eigenvalue weighted by atomic mass is 16.6. The lowest BCUT2D eigenvalue weighted by Gasteiger charge is -2.28. The van der Waals surface area contributed by atoms with Crippen molar-refractivity contribution >= 4 is 6.09 Å². The molecule has 80 valence electrons. The molecule has 2 aliphatic heterocycles. The lowest BCUT2D eigenvalue weighted by molar-refractivity contribution is 0.121. The van der Waals surface area contributed by atoms with E-state index in [-0.39, 0.29) is 12.2 Å². The third-order valence-electron chi connectivity index (χ3n) is 3.03. The van der Waals surface area contributed by atoms with Gasteiger partial charge in [-0.2, -0.15) is 0 Å². The first-order valence-corrected chi connectivity index (χ1v) is 5.51. The number of carbonyl (C=O) groups excluding carboxylic acids is 1. The fourth-order valence-corrected chi connectivity index (χ4v) is 2.21. The molecule has 2 unspecified atom stereocenters. The first-order valence-electron chi connectivity index (χ1n) is 5.51. The fourth-order valence-electron chi connectivity index (χ4n) is 2.21. The number of rotatable bonds is 3. The monoisotopic (exact) mass is 198 g/mol. The largest absolute Gasteiger partial charge is 0.443 e. The Kier molecular flexibility index (Phi) is 2.91. The molecule has 0 aromatic carbocycles. The van der Waals surface area contributed by atoms with E-state index in [1.807, 2.05) is 4.90 Å². The normalized spacial score (nSPS) is 31.5. The molecular formula is C10H18N2O2. The van der Waals surface area contributed by atoms with Crippen LogP contribution in [0, 0.1) is 0 Å².